The molecule has 0 spiro atoms. The fourth-order valence-electron chi connectivity index (χ4n) is 2.93. The molecule has 0 saturated carbocycles. The number of amides is 1. The number of methoxy groups -OCH3 is 2. The maximum atomic E-state index is 12.6. The number of carbonyl (C=O) groups excluding carboxylic acids is 1. The van der Waals surface area contributed by atoms with E-state index in [0.717, 1.165) is 42.1 Å². The van der Waals surface area contributed by atoms with Gasteiger partial charge in [-0.1, -0.05) is 0 Å². The van der Waals surface area contributed by atoms with Crippen LogP contribution in [0.1, 0.15) is 17.7 Å². The highest BCUT2D eigenvalue weighted by atomic mass is 32.2. The van der Waals surface area contributed by atoms with Gasteiger partial charge in [0.1, 0.15) is 4.21 Å². The molecule has 1 aliphatic rings. The average Bonchev–Trinajstić information content (AvgIpc) is 3.33. The summed E-state index contributed by atoms with van der Waals surface area (Å²) < 4.78 is 38.3. The number of benzene rings is 1. The summed E-state index contributed by atoms with van der Waals surface area (Å²) >= 11 is 1.11. The molecule has 2 heterocycles. The van der Waals surface area contributed by atoms with Crippen molar-refractivity contribution in [1.29, 1.82) is 0 Å². The molecule has 0 radical (unpaired) electrons. The van der Waals surface area contributed by atoms with Crippen molar-refractivity contribution >= 4 is 33.0 Å². The van der Waals surface area contributed by atoms with Crippen molar-refractivity contribution in [2.45, 2.75) is 23.5 Å². The van der Waals surface area contributed by atoms with Gasteiger partial charge in [-0.15, -0.1) is 11.3 Å². The Morgan fingerprint density at radius 2 is 1.81 bits per heavy atom. The number of nitrogens with one attached hydrogen (secondary N) is 1. The number of nitrogens with zero attached hydrogens (tertiary/aromatic N) is 1. The molecule has 1 saturated heterocycles. The van der Waals surface area contributed by atoms with Gasteiger partial charge in [-0.2, -0.15) is 0 Å². The molecule has 27 heavy (non-hydrogen) atoms. The number of hydrogen-bond acceptors (Lipinski definition) is 6. The average molecular weight is 411 g/mol. The highest BCUT2D eigenvalue weighted by Crippen LogP contribution is 2.31. The van der Waals surface area contributed by atoms with Gasteiger partial charge < -0.3 is 14.4 Å². The summed E-state index contributed by atoms with van der Waals surface area (Å²) in [5.74, 6) is 0.992. The number of thiophene rings is 1. The van der Waals surface area contributed by atoms with Crippen molar-refractivity contribution in [2.24, 2.45) is 0 Å². The van der Waals surface area contributed by atoms with Crippen molar-refractivity contribution in [3.63, 3.8) is 0 Å². The molecule has 2 aromatic rings. The largest absolute Gasteiger partial charge is 0.493 e. The second-order valence-corrected chi connectivity index (χ2v) is 9.24. The molecule has 1 aromatic heterocycles. The lowest BCUT2D eigenvalue weighted by molar-refractivity contribution is -0.129. The van der Waals surface area contributed by atoms with Crippen molar-refractivity contribution in [3.05, 3.63) is 35.2 Å². The Morgan fingerprint density at radius 1 is 1.11 bits per heavy atom. The van der Waals surface area contributed by atoms with Gasteiger partial charge in [0.25, 0.3) is 10.0 Å². The summed E-state index contributed by atoms with van der Waals surface area (Å²) in [6.07, 6.45) is 2.30. The second kappa shape index (κ2) is 8.18. The third-order valence-electron chi connectivity index (χ3n) is 4.32. The Labute approximate surface area is 163 Å². The summed E-state index contributed by atoms with van der Waals surface area (Å²) in [6.45, 7) is 1.58. The normalized spacial score (nSPS) is 14.2. The fraction of sp³-hybridized carbons (Fsp3) is 0.389. The third-order valence-corrected chi connectivity index (χ3v) is 7.28. The van der Waals surface area contributed by atoms with E-state index in [0.29, 0.717) is 17.2 Å². The minimum atomic E-state index is -3.74. The van der Waals surface area contributed by atoms with Crippen LogP contribution in [0.25, 0.3) is 0 Å². The summed E-state index contributed by atoms with van der Waals surface area (Å²) in [4.78, 5) is 14.8. The highest BCUT2D eigenvalue weighted by Gasteiger charge is 2.22. The minimum absolute atomic E-state index is 0.0474. The van der Waals surface area contributed by atoms with Crippen molar-refractivity contribution in [3.8, 4) is 11.5 Å². The van der Waals surface area contributed by atoms with Gasteiger partial charge in [0.15, 0.2) is 11.5 Å². The smallest absolute Gasteiger partial charge is 0.271 e. The van der Waals surface area contributed by atoms with Crippen LogP contribution >= 0.6 is 11.3 Å². The van der Waals surface area contributed by atoms with Crippen LogP contribution in [-0.2, 0) is 21.2 Å². The number of sulfonamides is 1. The number of ether oxygens (including phenoxy) is 2. The van der Waals surface area contributed by atoms with E-state index in [1.54, 1.807) is 24.3 Å². The van der Waals surface area contributed by atoms with E-state index in [-0.39, 0.29) is 16.5 Å². The van der Waals surface area contributed by atoms with E-state index in [9.17, 15) is 13.2 Å². The fourth-order valence-corrected chi connectivity index (χ4v) is 5.33. The van der Waals surface area contributed by atoms with Crippen LogP contribution in [0.3, 0.4) is 0 Å². The number of rotatable bonds is 7. The van der Waals surface area contributed by atoms with Crippen molar-refractivity contribution in [2.75, 3.05) is 32.0 Å². The molecule has 1 amide bonds. The number of hydrogen-bond donors (Lipinski definition) is 1. The maximum absolute atomic E-state index is 12.6. The molecule has 9 heteroatoms. The van der Waals surface area contributed by atoms with E-state index >= 15 is 0 Å². The minimum Gasteiger partial charge on any atom is -0.493 e. The van der Waals surface area contributed by atoms with Crippen LogP contribution in [0.15, 0.2) is 34.5 Å². The first-order valence-electron chi connectivity index (χ1n) is 8.54. The van der Waals surface area contributed by atoms with Gasteiger partial charge in [0.05, 0.1) is 26.3 Å². The maximum Gasteiger partial charge on any atom is 0.271 e. The van der Waals surface area contributed by atoms with Crippen molar-refractivity contribution in [1.82, 2.24) is 4.90 Å². The predicted molar refractivity (Wildman–Crippen MR) is 104 cm³/mol. The molecular weight excluding hydrogens is 388 g/mol. The first-order chi connectivity index (χ1) is 12.9. The Balaban J connectivity index is 1.72. The SMILES string of the molecule is COc1ccc(NS(=O)(=O)c2ccc(CC(=O)N3CCCC3)s2)cc1OC. The molecule has 7 nitrogen and oxygen atoms in total. The first-order valence-corrected chi connectivity index (χ1v) is 10.8. The van der Waals surface area contributed by atoms with E-state index in [1.165, 1.54) is 20.3 Å². The van der Waals surface area contributed by atoms with E-state index in [4.69, 9.17) is 9.47 Å². The number of carbonyl (C=O) groups is 1. The van der Waals surface area contributed by atoms with Crippen LogP contribution in [0.2, 0.25) is 0 Å². The van der Waals surface area contributed by atoms with Gasteiger partial charge in [-0.25, -0.2) is 8.42 Å². The molecule has 0 unspecified atom stereocenters. The van der Waals surface area contributed by atoms with E-state index in [1.807, 2.05) is 4.90 Å². The Morgan fingerprint density at radius 3 is 2.48 bits per heavy atom. The standard InChI is InChI=1S/C18H22N2O5S2/c1-24-15-7-5-13(11-16(15)25-2)19-27(22,23)18-8-6-14(26-18)12-17(21)20-9-3-4-10-20/h5-8,11,19H,3-4,9-10,12H2,1-2H3. The first kappa shape index (κ1) is 19.5. The molecule has 1 N–H and O–H groups in total. The molecule has 0 atom stereocenters. The van der Waals surface area contributed by atoms with Crippen LogP contribution in [0.4, 0.5) is 5.69 Å². The number of likely N-dealkylation sites (tertiary alicyclic amines) is 1. The summed E-state index contributed by atoms with van der Waals surface area (Å²) in [5, 5.41) is 0. The zero-order chi connectivity index (χ0) is 19.4. The predicted octanol–water partition coefficient (Wildman–Crippen LogP) is 2.73. The van der Waals surface area contributed by atoms with Crippen molar-refractivity contribution < 1.29 is 22.7 Å². The van der Waals surface area contributed by atoms with Gasteiger partial charge in [-0.3, -0.25) is 9.52 Å². The topological polar surface area (TPSA) is 84.9 Å². The quantitative estimate of drug-likeness (QED) is 0.759. The molecule has 1 fully saturated rings. The lowest BCUT2D eigenvalue weighted by Crippen LogP contribution is -2.28. The molecule has 1 aromatic carbocycles. The van der Waals surface area contributed by atoms with E-state index < -0.39 is 10.0 Å². The van der Waals surface area contributed by atoms with Crippen LogP contribution in [0, 0.1) is 0 Å². The van der Waals surface area contributed by atoms with Gasteiger partial charge in [0, 0.05) is 24.0 Å². The molecule has 1 aliphatic heterocycles. The number of anilines is 1. The summed E-state index contributed by atoms with van der Waals surface area (Å²) in [6, 6.07) is 8.01. The molecule has 0 aliphatic carbocycles. The van der Waals surface area contributed by atoms with Gasteiger partial charge >= 0.3 is 0 Å². The zero-order valence-electron chi connectivity index (χ0n) is 15.2. The lowest BCUT2D eigenvalue weighted by Gasteiger charge is -2.14. The third kappa shape index (κ3) is 4.54. The van der Waals surface area contributed by atoms with Gasteiger partial charge in [0.2, 0.25) is 5.91 Å². The van der Waals surface area contributed by atoms with Crippen LogP contribution < -0.4 is 14.2 Å². The van der Waals surface area contributed by atoms with Crippen LogP contribution in [0.5, 0.6) is 11.5 Å². The highest BCUT2D eigenvalue weighted by molar-refractivity contribution is 7.94. The molecule has 0 bridgehead atoms. The Kier molecular flexibility index (Phi) is 5.91. The zero-order valence-corrected chi connectivity index (χ0v) is 16.9. The molecule has 146 valence electrons. The van der Waals surface area contributed by atoms with E-state index in [2.05, 4.69) is 4.72 Å². The Hall–Kier alpha value is -2.26. The Bertz CT molecular complexity index is 918. The molecule has 3 rings (SSSR count). The lowest BCUT2D eigenvalue weighted by atomic mass is 10.3. The monoisotopic (exact) mass is 410 g/mol. The van der Waals surface area contributed by atoms with Crippen LogP contribution in [-0.4, -0.2) is 46.5 Å². The summed E-state index contributed by atoms with van der Waals surface area (Å²) in [5.41, 5.74) is 0.371. The summed E-state index contributed by atoms with van der Waals surface area (Å²) in [7, 11) is -0.747. The molecular formula is C18H22N2O5S2. The van der Waals surface area contributed by atoms with Gasteiger partial charge in [-0.05, 0) is 37.1 Å². The second-order valence-electron chi connectivity index (χ2n) is 6.16.